The van der Waals surface area contributed by atoms with Gasteiger partial charge in [0.1, 0.15) is 0 Å². The van der Waals surface area contributed by atoms with Gasteiger partial charge in [-0.25, -0.2) is 13.2 Å². The third-order valence-corrected chi connectivity index (χ3v) is 3.34. The number of rotatable bonds is 4. The van der Waals surface area contributed by atoms with Crippen LogP contribution in [0.15, 0.2) is 36.4 Å². The van der Waals surface area contributed by atoms with Crippen molar-refractivity contribution in [2.75, 3.05) is 7.11 Å². The van der Waals surface area contributed by atoms with Gasteiger partial charge in [-0.15, -0.1) is 11.6 Å². The summed E-state index contributed by atoms with van der Waals surface area (Å²) < 4.78 is 44.1. The van der Waals surface area contributed by atoms with Gasteiger partial charge in [-0.05, 0) is 41.8 Å². The molecule has 2 aromatic carbocycles. The van der Waals surface area contributed by atoms with Gasteiger partial charge in [-0.3, -0.25) is 0 Å². The molecule has 0 heterocycles. The predicted octanol–water partition coefficient (Wildman–Crippen LogP) is 4.64. The van der Waals surface area contributed by atoms with Gasteiger partial charge >= 0.3 is 0 Å². The largest absolute Gasteiger partial charge is 0.494 e. The van der Waals surface area contributed by atoms with Crippen LogP contribution in [-0.4, -0.2) is 7.11 Å². The fraction of sp³-hybridized carbons (Fsp3) is 0.200. The van der Waals surface area contributed by atoms with Crippen LogP contribution in [0.5, 0.6) is 5.75 Å². The summed E-state index contributed by atoms with van der Waals surface area (Å²) in [7, 11) is 1.36. The Morgan fingerprint density at radius 3 is 2.35 bits per heavy atom. The summed E-state index contributed by atoms with van der Waals surface area (Å²) in [5.74, 6) is -2.20. The number of methoxy groups -OCH3 is 1. The van der Waals surface area contributed by atoms with Crippen molar-refractivity contribution in [3.8, 4) is 5.75 Å². The Kier molecular flexibility index (Phi) is 4.55. The van der Waals surface area contributed by atoms with Crippen molar-refractivity contribution in [3.05, 3.63) is 65.0 Å². The summed E-state index contributed by atoms with van der Waals surface area (Å²) in [6, 6.07) is 7.91. The summed E-state index contributed by atoms with van der Waals surface area (Å²) in [5.41, 5.74) is 1.21. The molecule has 0 saturated carbocycles. The zero-order valence-electron chi connectivity index (χ0n) is 10.7. The van der Waals surface area contributed by atoms with E-state index in [4.69, 9.17) is 16.3 Å². The first kappa shape index (κ1) is 14.7. The minimum atomic E-state index is -0.914. The standard InChI is InChI=1S/C15H12ClF3O/c1-20-15-8-10(3-5-13(15)18)11(16)6-9-2-4-12(17)14(19)7-9/h2-5,7-8,11H,6H2,1H3. The third-order valence-electron chi connectivity index (χ3n) is 2.94. The molecule has 106 valence electrons. The van der Waals surface area contributed by atoms with Crippen LogP contribution in [0.3, 0.4) is 0 Å². The van der Waals surface area contributed by atoms with Gasteiger partial charge in [0.25, 0.3) is 0 Å². The van der Waals surface area contributed by atoms with Crippen LogP contribution in [0, 0.1) is 17.5 Å². The summed E-state index contributed by atoms with van der Waals surface area (Å²) >= 11 is 6.22. The fourth-order valence-corrected chi connectivity index (χ4v) is 2.18. The molecule has 2 rings (SSSR count). The molecule has 0 aromatic heterocycles. The molecule has 0 aliphatic rings. The molecule has 0 spiro atoms. The molecule has 0 aliphatic heterocycles. The highest BCUT2D eigenvalue weighted by Crippen LogP contribution is 2.29. The Morgan fingerprint density at radius 2 is 1.70 bits per heavy atom. The smallest absolute Gasteiger partial charge is 0.165 e. The molecule has 2 aromatic rings. The number of hydrogen-bond donors (Lipinski definition) is 0. The molecule has 0 radical (unpaired) electrons. The lowest BCUT2D eigenvalue weighted by Crippen LogP contribution is -1.99. The second-order valence-corrected chi connectivity index (χ2v) is 4.84. The molecule has 20 heavy (non-hydrogen) atoms. The minimum absolute atomic E-state index is 0.0958. The van der Waals surface area contributed by atoms with Crippen LogP contribution in [0.2, 0.25) is 0 Å². The van der Waals surface area contributed by atoms with Crippen molar-refractivity contribution in [1.29, 1.82) is 0 Å². The number of benzene rings is 2. The van der Waals surface area contributed by atoms with Crippen molar-refractivity contribution < 1.29 is 17.9 Å². The van der Waals surface area contributed by atoms with Gasteiger partial charge in [-0.1, -0.05) is 12.1 Å². The molecule has 0 bridgehead atoms. The highest BCUT2D eigenvalue weighted by molar-refractivity contribution is 6.20. The van der Waals surface area contributed by atoms with E-state index in [2.05, 4.69) is 0 Å². The molecule has 0 saturated heterocycles. The third kappa shape index (κ3) is 3.25. The Morgan fingerprint density at radius 1 is 1.00 bits per heavy atom. The lowest BCUT2D eigenvalue weighted by molar-refractivity contribution is 0.386. The molecule has 5 heteroatoms. The minimum Gasteiger partial charge on any atom is -0.494 e. The second kappa shape index (κ2) is 6.18. The van der Waals surface area contributed by atoms with Crippen LogP contribution >= 0.6 is 11.6 Å². The molecular weight excluding hydrogens is 289 g/mol. The van der Waals surface area contributed by atoms with Crippen LogP contribution < -0.4 is 4.74 Å². The predicted molar refractivity (Wildman–Crippen MR) is 71.6 cm³/mol. The summed E-state index contributed by atoms with van der Waals surface area (Å²) in [6.45, 7) is 0. The van der Waals surface area contributed by atoms with Gasteiger partial charge < -0.3 is 4.74 Å². The summed E-state index contributed by atoms with van der Waals surface area (Å²) in [4.78, 5) is 0. The van der Waals surface area contributed by atoms with Gasteiger partial charge in [0.2, 0.25) is 0 Å². The van der Waals surface area contributed by atoms with Crippen LogP contribution in [-0.2, 0) is 6.42 Å². The van der Waals surface area contributed by atoms with E-state index in [0.29, 0.717) is 17.5 Å². The Balaban J connectivity index is 2.19. The molecule has 1 unspecified atom stereocenters. The maximum absolute atomic E-state index is 13.3. The van der Waals surface area contributed by atoms with E-state index in [0.717, 1.165) is 12.1 Å². The lowest BCUT2D eigenvalue weighted by Gasteiger charge is -2.12. The average Bonchev–Trinajstić information content (AvgIpc) is 2.43. The first-order valence-electron chi connectivity index (χ1n) is 5.92. The summed E-state index contributed by atoms with van der Waals surface area (Å²) in [6.07, 6.45) is 0.299. The highest BCUT2D eigenvalue weighted by Gasteiger charge is 2.13. The molecule has 1 nitrogen and oxygen atoms in total. The molecule has 0 N–H and O–H groups in total. The number of alkyl halides is 1. The van der Waals surface area contributed by atoms with E-state index >= 15 is 0 Å². The van der Waals surface area contributed by atoms with Gasteiger partial charge in [0.05, 0.1) is 12.5 Å². The van der Waals surface area contributed by atoms with E-state index in [-0.39, 0.29) is 5.75 Å². The van der Waals surface area contributed by atoms with Crippen LogP contribution in [0.1, 0.15) is 16.5 Å². The van der Waals surface area contributed by atoms with E-state index in [1.807, 2.05) is 0 Å². The number of hydrogen-bond acceptors (Lipinski definition) is 1. The highest BCUT2D eigenvalue weighted by atomic mass is 35.5. The van der Waals surface area contributed by atoms with Gasteiger partial charge in [-0.2, -0.15) is 0 Å². The monoisotopic (exact) mass is 300 g/mol. The second-order valence-electron chi connectivity index (χ2n) is 4.31. The molecule has 0 aliphatic carbocycles. The maximum Gasteiger partial charge on any atom is 0.165 e. The Bertz CT molecular complexity index is 616. The van der Waals surface area contributed by atoms with E-state index in [1.165, 1.54) is 31.4 Å². The number of halogens is 4. The van der Waals surface area contributed by atoms with Crippen molar-refractivity contribution in [1.82, 2.24) is 0 Å². The van der Waals surface area contributed by atoms with Crippen molar-refractivity contribution >= 4 is 11.6 Å². The number of ether oxygens (including phenoxy) is 1. The average molecular weight is 301 g/mol. The normalized spacial score (nSPS) is 12.2. The zero-order valence-corrected chi connectivity index (χ0v) is 11.4. The van der Waals surface area contributed by atoms with Crippen LogP contribution in [0.4, 0.5) is 13.2 Å². The Hall–Kier alpha value is -1.68. The molecule has 0 fully saturated rings. The fourth-order valence-electron chi connectivity index (χ4n) is 1.86. The lowest BCUT2D eigenvalue weighted by atomic mass is 10.0. The van der Waals surface area contributed by atoms with E-state index < -0.39 is 22.8 Å². The zero-order chi connectivity index (χ0) is 14.7. The molecule has 0 amide bonds. The van der Waals surface area contributed by atoms with Crippen molar-refractivity contribution in [2.45, 2.75) is 11.8 Å². The van der Waals surface area contributed by atoms with Gasteiger partial charge in [0.15, 0.2) is 23.2 Å². The van der Waals surface area contributed by atoms with E-state index in [1.54, 1.807) is 0 Å². The summed E-state index contributed by atoms with van der Waals surface area (Å²) in [5, 5.41) is -0.491. The van der Waals surface area contributed by atoms with Crippen LogP contribution in [0.25, 0.3) is 0 Å². The van der Waals surface area contributed by atoms with E-state index in [9.17, 15) is 13.2 Å². The SMILES string of the molecule is COc1cc(C(Cl)Cc2ccc(F)c(F)c2)ccc1F. The topological polar surface area (TPSA) is 9.23 Å². The van der Waals surface area contributed by atoms with Gasteiger partial charge in [0, 0.05) is 0 Å². The first-order valence-corrected chi connectivity index (χ1v) is 6.36. The van der Waals surface area contributed by atoms with Crippen molar-refractivity contribution in [2.24, 2.45) is 0 Å². The van der Waals surface area contributed by atoms with Crippen molar-refractivity contribution in [3.63, 3.8) is 0 Å². The quantitative estimate of drug-likeness (QED) is 0.748. The molecule has 1 atom stereocenters. The first-order chi connectivity index (χ1) is 9.51. The maximum atomic E-state index is 13.3. The Labute approximate surface area is 119 Å². The molecular formula is C15H12ClF3O.